The van der Waals surface area contributed by atoms with Crippen LogP contribution in [0.15, 0.2) is 23.8 Å². The van der Waals surface area contributed by atoms with Gasteiger partial charge in [-0.1, -0.05) is 44.1 Å². The SMILES string of the molecule is CC12CCCC1C1CCC3=CC(O)C=CC3(C)C1CC2. The number of aliphatic hydroxyl groups excluding tert-OH is 1. The Kier molecular flexibility index (Phi) is 2.77. The number of hydrogen-bond donors (Lipinski definition) is 1. The van der Waals surface area contributed by atoms with E-state index >= 15 is 0 Å². The lowest BCUT2D eigenvalue weighted by Crippen LogP contribution is -2.48. The molecule has 20 heavy (non-hydrogen) atoms. The van der Waals surface area contributed by atoms with Gasteiger partial charge in [0.2, 0.25) is 0 Å². The minimum Gasteiger partial charge on any atom is -0.385 e. The zero-order valence-electron chi connectivity index (χ0n) is 12.9. The third kappa shape index (κ3) is 1.65. The van der Waals surface area contributed by atoms with Gasteiger partial charge in [-0.25, -0.2) is 0 Å². The summed E-state index contributed by atoms with van der Waals surface area (Å²) >= 11 is 0. The van der Waals surface area contributed by atoms with Crippen LogP contribution in [0.3, 0.4) is 0 Å². The van der Waals surface area contributed by atoms with Crippen LogP contribution in [0.1, 0.15) is 58.8 Å². The molecule has 4 rings (SSSR count). The molecule has 110 valence electrons. The van der Waals surface area contributed by atoms with E-state index < -0.39 is 0 Å². The fraction of sp³-hybridized carbons (Fsp3) is 0.789. The summed E-state index contributed by atoms with van der Waals surface area (Å²) in [6.45, 7) is 5.00. The highest BCUT2D eigenvalue weighted by molar-refractivity contribution is 5.33. The molecular formula is C19H28O. The van der Waals surface area contributed by atoms with Crippen molar-refractivity contribution in [2.45, 2.75) is 64.9 Å². The normalized spacial score (nSPS) is 53.9. The van der Waals surface area contributed by atoms with Gasteiger partial charge >= 0.3 is 0 Å². The average Bonchev–Trinajstić information content (AvgIpc) is 2.81. The van der Waals surface area contributed by atoms with E-state index in [2.05, 4.69) is 26.0 Å². The van der Waals surface area contributed by atoms with E-state index in [1.807, 2.05) is 6.08 Å². The zero-order chi connectivity index (χ0) is 14.0. The van der Waals surface area contributed by atoms with Gasteiger partial charge < -0.3 is 5.11 Å². The number of fused-ring (bicyclic) bond motifs is 5. The standard InChI is InChI=1S/C19H28O/c1-18-9-3-4-16(18)15-6-5-13-12-14(20)7-11-19(13,2)17(15)8-10-18/h7,11-12,14-17,20H,3-6,8-10H2,1-2H3. The number of hydrogen-bond acceptors (Lipinski definition) is 1. The van der Waals surface area contributed by atoms with Crippen molar-refractivity contribution in [1.82, 2.24) is 0 Å². The first-order chi connectivity index (χ1) is 9.53. The summed E-state index contributed by atoms with van der Waals surface area (Å²) in [7, 11) is 0. The molecule has 6 atom stereocenters. The quantitative estimate of drug-likeness (QED) is 0.645. The lowest BCUT2D eigenvalue weighted by Gasteiger charge is -2.56. The fourth-order valence-electron chi connectivity index (χ4n) is 6.31. The first-order valence-corrected chi connectivity index (χ1v) is 8.61. The molecule has 1 N–H and O–H groups in total. The Labute approximate surface area is 123 Å². The smallest absolute Gasteiger partial charge is 0.0905 e. The van der Waals surface area contributed by atoms with Crippen molar-refractivity contribution >= 4 is 0 Å². The number of rotatable bonds is 0. The van der Waals surface area contributed by atoms with Crippen LogP contribution in [0.25, 0.3) is 0 Å². The summed E-state index contributed by atoms with van der Waals surface area (Å²) in [6.07, 6.45) is 16.0. The number of allylic oxidation sites excluding steroid dienone is 2. The molecule has 6 unspecified atom stereocenters. The summed E-state index contributed by atoms with van der Waals surface area (Å²) in [5.41, 5.74) is 2.42. The molecule has 0 aromatic carbocycles. The minimum atomic E-state index is -0.338. The van der Waals surface area contributed by atoms with Crippen molar-refractivity contribution in [1.29, 1.82) is 0 Å². The van der Waals surface area contributed by atoms with Gasteiger partial charge in [-0.3, -0.25) is 0 Å². The van der Waals surface area contributed by atoms with Gasteiger partial charge in [0.1, 0.15) is 0 Å². The lowest BCUT2D eigenvalue weighted by molar-refractivity contribution is -0.0163. The summed E-state index contributed by atoms with van der Waals surface area (Å²) in [6, 6.07) is 0. The first kappa shape index (κ1) is 13.1. The molecule has 0 amide bonds. The minimum absolute atomic E-state index is 0.242. The molecule has 3 fully saturated rings. The van der Waals surface area contributed by atoms with E-state index in [9.17, 15) is 5.11 Å². The van der Waals surface area contributed by atoms with E-state index in [1.165, 1.54) is 50.5 Å². The second kappa shape index (κ2) is 4.22. The van der Waals surface area contributed by atoms with Gasteiger partial charge in [-0.15, -0.1) is 0 Å². The molecular weight excluding hydrogens is 244 g/mol. The van der Waals surface area contributed by atoms with Crippen molar-refractivity contribution in [3.8, 4) is 0 Å². The van der Waals surface area contributed by atoms with Crippen molar-refractivity contribution in [3.63, 3.8) is 0 Å². The molecule has 0 bridgehead atoms. The third-order valence-electron chi connectivity index (χ3n) is 7.44. The molecule has 0 aromatic heterocycles. The molecule has 1 nitrogen and oxygen atoms in total. The molecule has 0 saturated heterocycles. The summed E-state index contributed by atoms with van der Waals surface area (Å²) in [5, 5.41) is 9.89. The Bertz CT molecular complexity index is 476. The van der Waals surface area contributed by atoms with Crippen LogP contribution < -0.4 is 0 Å². The Balaban J connectivity index is 1.69. The average molecular weight is 272 g/mol. The summed E-state index contributed by atoms with van der Waals surface area (Å²) < 4.78 is 0. The van der Waals surface area contributed by atoms with Gasteiger partial charge in [0, 0.05) is 5.41 Å². The molecule has 1 heteroatoms. The molecule has 4 aliphatic rings. The highest BCUT2D eigenvalue weighted by Crippen LogP contribution is 2.64. The zero-order valence-corrected chi connectivity index (χ0v) is 12.9. The number of aliphatic hydroxyl groups is 1. The molecule has 3 saturated carbocycles. The monoisotopic (exact) mass is 272 g/mol. The Morgan fingerprint density at radius 2 is 1.95 bits per heavy atom. The molecule has 4 aliphatic carbocycles. The first-order valence-electron chi connectivity index (χ1n) is 8.61. The van der Waals surface area contributed by atoms with E-state index in [-0.39, 0.29) is 11.5 Å². The van der Waals surface area contributed by atoms with Gasteiger partial charge in [-0.2, -0.15) is 0 Å². The van der Waals surface area contributed by atoms with Crippen LogP contribution in [0.4, 0.5) is 0 Å². The molecule has 0 radical (unpaired) electrons. The molecule has 0 spiro atoms. The predicted molar refractivity (Wildman–Crippen MR) is 82.2 cm³/mol. The maximum Gasteiger partial charge on any atom is 0.0905 e. The van der Waals surface area contributed by atoms with Crippen LogP contribution in [0, 0.1) is 28.6 Å². The predicted octanol–water partition coefficient (Wildman–Crippen LogP) is 4.48. The van der Waals surface area contributed by atoms with Crippen molar-refractivity contribution in [3.05, 3.63) is 23.8 Å². The van der Waals surface area contributed by atoms with Crippen LogP contribution in [0.2, 0.25) is 0 Å². The van der Waals surface area contributed by atoms with Gasteiger partial charge in [0.05, 0.1) is 6.10 Å². The topological polar surface area (TPSA) is 20.2 Å². The van der Waals surface area contributed by atoms with E-state index in [4.69, 9.17) is 0 Å². The van der Waals surface area contributed by atoms with Gasteiger partial charge in [0.25, 0.3) is 0 Å². The van der Waals surface area contributed by atoms with E-state index in [0.29, 0.717) is 5.41 Å². The van der Waals surface area contributed by atoms with Crippen molar-refractivity contribution < 1.29 is 5.11 Å². The van der Waals surface area contributed by atoms with Gasteiger partial charge in [-0.05, 0) is 61.7 Å². The van der Waals surface area contributed by atoms with Crippen LogP contribution in [0.5, 0.6) is 0 Å². The molecule has 0 aliphatic heterocycles. The van der Waals surface area contributed by atoms with Crippen molar-refractivity contribution in [2.24, 2.45) is 28.6 Å². The maximum absolute atomic E-state index is 9.89. The highest BCUT2D eigenvalue weighted by atomic mass is 16.3. The second-order valence-corrected chi connectivity index (χ2v) is 8.32. The highest BCUT2D eigenvalue weighted by Gasteiger charge is 2.55. The van der Waals surface area contributed by atoms with E-state index in [0.717, 1.165) is 17.8 Å². The molecule has 0 aromatic rings. The Morgan fingerprint density at radius 1 is 1.10 bits per heavy atom. The maximum atomic E-state index is 9.89. The molecule has 0 heterocycles. The van der Waals surface area contributed by atoms with Crippen LogP contribution in [-0.2, 0) is 0 Å². The van der Waals surface area contributed by atoms with Crippen LogP contribution in [-0.4, -0.2) is 11.2 Å². The fourth-order valence-corrected chi connectivity index (χ4v) is 6.31. The second-order valence-electron chi connectivity index (χ2n) is 8.32. The van der Waals surface area contributed by atoms with Gasteiger partial charge in [0.15, 0.2) is 0 Å². The van der Waals surface area contributed by atoms with E-state index in [1.54, 1.807) is 0 Å². The Hall–Kier alpha value is -0.560. The van der Waals surface area contributed by atoms with Crippen molar-refractivity contribution in [2.75, 3.05) is 0 Å². The third-order valence-corrected chi connectivity index (χ3v) is 7.44. The largest absolute Gasteiger partial charge is 0.385 e. The Morgan fingerprint density at radius 3 is 2.80 bits per heavy atom. The lowest BCUT2D eigenvalue weighted by atomic mass is 9.48. The van der Waals surface area contributed by atoms with Crippen LogP contribution >= 0.6 is 0 Å². The summed E-state index contributed by atoms with van der Waals surface area (Å²) in [5.74, 6) is 2.72. The summed E-state index contributed by atoms with van der Waals surface area (Å²) in [4.78, 5) is 0.